The zero-order chi connectivity index (χ0) is 23.3. The molecule has 0 aromatic heterocycles. The third kappa shape index (κ3) is 6.32. The molecule has 0 radical (unpaired) electrons. The first-order chi connectivity index (χ1) is 15.2. The molecule has 0 unspecified atom stereocenters. The number of benzene rings is 2. The first-order valence-electron chi connectivity index (χ1n) is 12.1. The molecular formula is C29H39NOS. The van der Waals surface area contributed by atoms with Crippen LogP contribution in [0.1, 0.15) is 99.1 Å². The van der Waals surface area contributed by atoms with Crippen molar-refractivity contribution in [2.75, 3.05) is 0 Å². The van der Waals surface area contributed by atoms with Crippen LogP contribution in [0.4, 0.5) is 0 Å². The van der Waals surface area contributed by atoms with Gasteiger partial charge in [0.2, 0.25) is 0 Å². The quantitative estimate of drug-likeness (QED) is 0.457. The average molecular weight is 450 g/mol. The van der Waals surface area contributed by atoms with E-state index in [9.17, 15) is 5.26 Å². The molecule has 0 bridgehead atoms. The van der Waals surface area contributed by atoms with Crippen molar-refractivity contribution in [2.24, 2.45) is 0 Å². The monoisotopic (exact) mass is 449 g/mol. The average Bonchev–Trinajstić information content (AvgIpc) is 2.70. The maximum atomic E-state index is 10.1. The van der Waals surface area contributed by atoms with E-state index in [1.807, 2.05) is 11.8 Å². The number of hydrogen-bond donors (Lipinski definition) is 0. The summed E-state index contributed by atoms with van der Waals surface area (Å²) >= 11 is 2.04. The van der Waals surface area contributed by atoms with Crippen LogP contribution in [-0.2, 0) is 11.2 Å². The highest BCUT2D eigenvalue weighted by Gasteiger charge is 2.22. The van der Waals surface area contributed by atoms with Gasteiger partial charge >= 0.3 is 0 Å². The van der Waals surface area contributed by atoms with Crippen LogP contribution in [0.3, 0.4) is 0 Å². The second kappa shape index (κ2) is 10.8. The summed E-state index contributed by atoms with van der Waals surface area (Å²) in [5.74, 6) is 2.38. The molecule has 0 aliphatic heterocycles. The molecular weight excluding hydrogens is 410 g/mol. The SMILES string of the molecule is Cc1cc(Oc2cc(C(C)(C)C)cc(CSC3CCCCCCC3)c2C#N)cc(C)c1C. The third-order valence-corrected chi connectivity index (χ3v) is 8.24. The molecule has 1 aliphatic carbocycles. The van der Waals surface area contributed by atoms with E-state index >= 15 is 0 Å². The van der Waals surface area contributed by atoms with E-state index in [1.165, 1.54) is 67.2 Å². The Kier molecular flexibility index (Phi) is 8.34. The van der Waals surface area contributed by atoms with Gasteiger partial charge in [-0.05, 0) is 85.0 Å². The van der Waals surface area contributed by atoms with E-state index in [4.69, 9.17) is 4.74 Å². The van der Waals surface area contributed by atoms with Crippen molar-refractivity contribution in [3.8, 4) is 17.6 Å². The number of aryl methyl sites for hydroxylation is 2. The maximum absolute atomic E-state index is 10.1. The van der Waals surface area contributed by atoms with E-state index in [2.05, 4.69) is 71.9 Å². The van der Waals surface area contributed by atoms with Gasteiger partial charge in [-0.2, -0.15) is 17.0 Å². The molecule has 0 saturated heterocycles. The number of rotatable bonds is 5. The van der Waals surface area contributed by atoms with Gasteiger partial charge in [-0.1, -0.05) is 58.9 Å². The molecule has 3 heteroatoms. The normalized spacial score (nSPS) is 15.7. The van der Waals surface area contributed by atoms with Gasteiger partial charge in [0.15, 0.2) is 0 Å². The minimum atomic E-state index is -0.00907. The van der Waals surface area contributed by atoms with Crippen LogP contribution < -0.4 is 4.74 Å². The number of nitriles is 1. The van der Waals surface area contributed by atoms with Gasteiger partial charge in [-0.3, -0.25) is 0 Å². The van der Waals surface area contributed by atoms with Crippen LogP contribution in [-0.4, -0.2) is 5.25 Å². The van der Waals surface area contributed by atoms with Crippen LogP contribution in [0.15, 0.2) is 24.3 Å². The van der Waals surface area contributed by atoms with E-state index in [0.29, 0.717) is 16.6 Å². The summed E-state index contributed by atoms with van der Waals surface area (Å²) in [7, 11) is 0. The Bertz CT molecular complexity index is 949. The maximum Gasteiger partial charge on any atom is 0.145 e. The van der Waals surface area contributed by atoms with Crippen LogP contribution in [0.25, 0.3) is 0 Å². The summed E-state index contributed by atoms with van der Waals surface area (Å²) in [6.07, 6.45) is 9.41. The van der Waals surface area contributed by atoms with E-state index in [1.54, 1.807) is 0 Å². The zero-order valence-corrected chi connectivity index (χ0v) is 21.6. The molecule has 32 heavy (non-hydrogen) atoms. The fourth-order valence-corrected chi connectivity index (χ4v) is 5.71. The Hall–Kier alpha value is -1.92. The number of nitrogens with zero attached hydrogens (tertiary/aromatic N) is 1. The molecule has 2 aromatic carbocycles. The molecule has 1 fully saturated rings. The van der Waals surface area contributed by atoms with Crippen molar-refractivity contribution in [2.45, 2.75) is 103 Å². The Morgan fingerprint density at radius 3 is 2.09 bits per heavy atom. The van der Waals surface area contributed by atoms with Crippen molar-refractivity contribution in [3.63, 3.8) is 0 Å². The summed E-state index contributed by atoms with van der Waals surface area (Å²) in [4.78, 5) is 0. The lowest BCUT2D eigenvalue weighted by atomic mass is 9.85. The minimum Gasteiger partial charge on any atom is -0.456 e. The van der Waals surface area contributed by atoms with E-state index < -0.39 is 0 Å². The summed E-state index contributed by atoms with van der Waals surface area (Å²) in [5, 5.41) is 10.8. The molecule has 1 saturated carbocycles. The predicted molar refractivity (Wildman–Crippen MR) is 138 cm³/mol. The molecule has 0 amide bonds. The lowest BCUT2D eigenvalue weighted by Gasteiger charge is -2.24. The molecule has 0 spiro atoms. The van der Waals surface area contributed by atoms with Crippen molar-refractivity contribution >= 4 is 11.8 Å². The van der Waals surface area contributed by atoms with Crippen molar-refractivity contribution in [1.29, 1.82) is 5.26 Å². The van der Waals surface area contributed by atoms with E-state index in [-0.39, 0.29) is 5.41 Å². The van der Waals surface area contributed by atoms with Crippen molar-refractivity contribution < 1.29 is 4.74 Å². The largest absolute Gasteiger partial charge is 0.456 e. The molecule has 172 valence electrons. The fraction of sp³-hybridized carbons (Fsp3) is 0.552. The lowest BCUT2D eigenvalue weighted by molar-refractivity contribution is 0.475. The Balaban J connectivity index is 1.93. The Morgan fingerprint density at radius 2 is 1.53 bits per heavy atom. The van der Waals surface area contributed by atoms with Gasteiger partial charge in [0, 0.05) is 11.0 Å². The molecule has 0 atom stereocenters. The van der Waals surface area contributed by atoms with E-state index in [0.717, 1.165) is 17.1 Å². The molecule has 3 rings (SSSR count). The third-order valence-electron chi connectivity index (χ3n) is 6.82. The van der Waals surface area contributed by atoms with Crippen molar-refractivity contribution in [3.05, 3.63) is 57.6 Å². The first-order valence-corrected chi connectivity index (χ1v) is 13.2. The minimum absolute atomic E-state index is 0.00907. The predicted octanol–water partition coefficient (Wildman–Crippen LogP) is 8.92. The van der Waals surface area contributed by atoms with Gasteiger partial charge in [0.05, 0.1) is 5.56 Å². The number of thioether (sulfide) groups is 1. The van der Waals surface area contributed by atoms with Gasteiger partial charge in [0.25, 0.3) is 0 Å². The van der Waals surface area contributed by atoms with Gasteiger partial charge in [-0.15, -0.1) is 0 Å². The fourth-order valence-electron chi connectivity index (χ4n) is 4.40. The number of ether oxygens (including phenoxy) is 1. The number of hydrogen-bond acceptors (Lipinski definition) is 3. The molecule has 2 aromatic rings. The molecule has 2 nitrogen and oxygen atoms in total. The highest BCUT2D eigenvalue weighted by atomic mass is 32.2. The Morgan fingerprint density at radius 1 is 0.938 bits per heavy atom. The van der Waals surface area contributed by atoms with Crippen LogP contribution in [0.5, 0.6) is 11.5 Å². The zero-order valence-electron chi connectivity index (χ0n) is 20.8. The van der Waals surface area contributed by atoms with Crippen LogP contribution in [0.2, 0.25) is 0 Å². The van der Waals surface area contributed by atoms with Crippen LogP contribution in [0, 0.1) is 32.1 Å². The topological polar surface area (TPSA) is 33.0 Å². The smallest absolute Gasteiger partial charge is 0.145 e. The first kappa shape index (κ1) is 24.7. The standard InChI is InChI=1S/C29H39NOS/c1-20-14-25(15-21(2)22(20)3)31-28-17-24(29(4,5)6)16-23(27(28)18-30)19-32-26-12-10-8-7-9-11-13-26/h14-17,26H,7-13,19H2,1-6H3. The highest BCUT2D eigenvalue weighted by Crippen LogP contribution is 2.37. The molecule has 0 heterocycles. The Labute approximate surface area is 199 Å². The van der Waals surface area contributed by atoms with Gasteiger partial charge < -0.3 is 4.74 Å². The summed E-state index contributed by atoms with van der Waals surface area (Å²) < 4.78 is 6.39. The van der Waals surface area contributed by atoms with Gasteiger partial charge in [0.1, 0.15) is 17.6 Å². The van der Waals surface area contributed by atoms with Crippen LogP contribution >= 0.6 is 11.8 Å². The molecule has 0 N–H and O–H groups in total. The summed E-state index contributed by atoms with van der Waals surface area (Å²) in [5.41, 5.74) is 6.73. The highest BCUT2D eigenvalue weighted by molar-refractivity contribution is 7.99. The lowest BCUT2D eigenvalue weighted by Crippen LogP contribution is -2.13. The molecule has 1 aliphatic rings. The van der Waals surface area contributed by atoms with Crippen molar-refractivity contribution in [1.82, 2.24) is 0 Å². The summed E-state index contributed by atoms with van der Waals surface area (Å²) in [6.45, 7) is 13.0. The summed E-state index contributed by atoms with van der Waals surface area (Å²) in [6, 6.07) is 11.0. The second-order valence-electron chi connectivity index (χ2n) is 10.4. The van der Waals surface area contributed by atoms with Gasteiger partial charge in [-0.25, -0.2) is 0 Å². The second-order valence-corrected chi connectivity index (χ2v) is 11.7.